The van der Waals surface area contributed by atoms with Crippen molar-refractivity contribution >= 4 is 34.7 Å². The summed E-state index contributed by atoms with van der Waals surface area (Å²) in [5.74, 6) is 0.0345. The zero-order valence-corrected chi connectivity index (χ0v) is 12.1. The summed E-state index contributed by atoms with van der Waals surface area (Å²) in [4.78, 5) is 21.9. The van der Waals surface area contributed by atoms with Crippen LogP contribution >= 0.6 is 23.2 Å². The Morgan fingerprint density at radius 1 is 1.14 bits per heavy atom. The summed E-state index contributed by atoms with van der Waals surface area (Å²) >= 11 is 11.7. The number of nitro groups is 1. The van der Waals surface area contributed by atoms with Crippen molar-refractivity contribution in [1.82, 2.24) is 0 Å². The fourth-order valence-corrected chi connectivity index (χ4v) is 2.05. The van der Waals surface area contributed by atoms with Crippen LogP contribution in [0.15, 0.2) is 42.5 Å². The third-order valence-corrected chi connectivity index (χ3v) is 3.18. The highest BCUT2D eigenvalue weighted by atomic mass is 35.5. The predicted octanol–water partition coefficient (Wildman–Crippen LogP) is 4.16. The number of rotatable bonds is 5. The number of carbonyl (C=O) groups excluding carboxylic acids is 1. The fourth-order valence-electron chi connectivity index (χ4n) is 1.59. The normalized spacial score (nSPS) is 10.2. The molecule has 0 aromatic heterocycles. The van der Waals surface area contributed by atoms with E-state index in [0.29, 0.717) is 21.4 Å². The van der Waals surface area contributed by atoms with E-state index in [0.717, 1.165) is 0 Å². The molecule has 0 heterocycles. The molecular formula is C14H9Cl2NO4. The molecule has 0 aliphatic carbocycles. The SMILES string of the molecule is O=C(COc1ccc(Cl)cc1Cl)c1ccc([N+](=O)[O-])cc1. The summed E-state index contributed by atoms with van der Waals surface area (Å²) in [6, 6.07) is 9.97. The molecule has 0 aliphatic heterocycles. The van der Waals surface area contributed by atoms with Gasteiger partial charge in [0.15, 0.2) is 12.4 Å². The number of halogens is 2. The standard InChI is InChI=1S/C14H9Cl2NO4/c15-10-3-6-14(12(16)7-10)21-8-13(18)9-1-4-11(5-2-9)17(19)20/h1-7H,8H2. The van der Waals surface area contributed by atoms with E-state index in [4.69, 9.17) is 27.9 Å². The molecule has 0 amide bonds. The lowest BCUT2D eigenvalue weighted by atomic mass is 10.1. The molecule has 2 aromatic rings. The second-order valence-corrected chi connectivity index (χ2v) is 4.93. The van der Waals surface area contributed by atoms with Crippen LogP contribution in [0.1, 0.15) is 10.4 Å². The number of hydrogen-bond donors (Lipinski definition) is 0. The number of Topliss-reactive ketones (excluding diaryl/α,β-unsaturated/α-hetero) is 1. The van der Waals surface area contributed by atoms with E-state index >= 15 is 0 Å². The summed E-state index contributed by atoms with van der Waals surface area (Å²) in [6.45, 7) is -0.223. The summed E-state index contributed by atoms with van der Waals surface area (Å²) < 4.78 is 5.31. The molecule has 5 nitrogen and oxygen atoms in total. The van der Waals surface area contributed by atoms with E-state index < -0.39 is 4.92 Å². The maximum atomic E-state index is 11.9. The summed E-state index contributed by atoms with van der Waals surface area (Å²) in [7, 11) is 0. The largest absolute Gasteiger partial charge is 0.484 e. The van der Waals surface area contributed by atoms with Crippen molar-refractivity contribution in [2.24, 2.45) is 0 Å². The third-order valence-electron chi connectivity index (χ3n) is 2.65. The highest BCUT2D eigenvalue weighted by molar-refractivity contribution is 6.35. The van der Waals surface area contributed by atoms with Gasteiger partial charge in [0.05, 0.1) is 9.95 Å². The summed E-state index contributed by atoms with van der Waals surface area (Å²) in [6.07, 6.45) is 0. The van der Waals surface area contributed by atoms with Crippen LogP contribution in [0.25, 0.3) is 0 Å². The van der Waals surface area contributed by atoms with E-state index in [2.05, 4.69) is 0 Å². The Hall–Kier alpha value is -2.11. The number of nitrogens with zero attached hydrogens (tertiary/aromatic N) is 1. The Kier molecular flexibility index (Phi) is 4.77. The molecule has 108 valence electrons. The second kappa shape index (κ2) is 6.56. The van der Waals surface area contributed by atoms with E-state index in [9.17, 15) is 14.9 Å². The molecule has 0 saturated carbocycles. The van der Waals surface area contributed by atoms with Crippen LogP contribution in [0, 0.1) is 10.1 Å². The summed E-state index contributed by atoms with van der Waals surface area (Å²) in [5, 5.41) is 11.3. The van der Waals surface area contributed by atoms with Crippen molar-refractivity contribution in [3.63, 3.8) is 0 Å². The Labute approximate surface area is 130 Å². The first-order valence-corrected chi connectivity index (χ1v) is 6.58. The molecule has 2 aromatic carbocycles. The number of ketones is 1. The minimum atomic E-state index is -0.530. The van der Waals surface area contributed by atoms with Crippen LogP contribution in [0.3, 0.4) is 0 Å². The van der Waals surface area contributed by atoms with Crippen LogP contribution in [0.2, 0.25) is 10.0 Å². The van der Waals surface area contributed by atoms with Gasteiger partial charge in [-0.25, -0.2) is 0 Å². The average molecular weight is 326 g/mol. The molecule has 0 atom stereocenters. The number of carbonyl (C=O) groups is 1. The maximum Gasteiger partial charge on any atom is 0.269 e. The smallest absolute Gasteiger partial charge is 0.269 e. The van der Waals surface area contributed by atoms with Crippen molar-refractivity contribution in [2.45, 2.75) is 0 Å². The topological polar surface area (TPSA) is 69.4 Å². The van der Waals surface area contributed by atoms with Crippen LogP contribution in [0.4, 0.5) is 5.69 Å². The van der Waals surface area contributed by atoms with Gasteiger partial charge in [0.2, 0.25) is 0 Å². The Morgan fingerprint density at radius 2 is 1.81 bits per heavy atom. The van der Waals surface area contributed by atoms with Crippen LogP contribution in [-0.4, -0.2) is 17.3 Å². The molecule has 7 heteroatoms. The Bertz CT molecular complexity index is 686. The lowest BCUT2D eigenvalue weighted by molar-refractivity contribution is -0.384. The molecule has 21 heavy (non-hydrogen) atoms. The van der Waals surface area contributed by atoms with Crippen molar-refractivity contribution < 1.29 is 14.5 Å². The van der Waals surface area contributed by atoms with Crippen LogP contribution < -0.4 is 4.74 Å². The van der Waals surface area contributed by atoms with Crippen molar-refractivity contribution in [3.8, 4) is 5.75 Å². The lowest BCUT2D eigenvalue weighted by Gasteiger charge is -2.07. The van der Waals surface area contributed by atoms with Crippen LogP contribution in [0.5, 0.6) is 5.75 Å². The number of non-ortho nitro benzene ring substituents is 1. The molecule has 0 unspecified atom stereocenters. The van der Waals surface area contributed by atoms with E-state index in [1.807, 2.05) is 0 Å². The van der Waals surface area contributed by atoms with E-state index in [1.165, 1.54) is 30.3 Å². The molecule has 2 rings (SSSR count). The first-order valence-electron chi connectivity index (χ1n) is 5.83. The van der Waals surface area contributed by atoms with Gasteiger partial charge in [0.25, 0.3) is 5.69 Å². The Balaban J connectivity index is 2.02. The molecule has 0 fully saturated rings. The first-order chi connectivity index (χ1) is 9.97. The molecule has 0 saturated heterocycles. The van der Waals surface area contributed by atoms with Gasteiger partial charge in [-0.1, -0.05) is 23.2 Å². The van der Waals surface area contributed by atoms with Crippen molar-refractivity contribution in [2.75, 3.05) is 6.61 Å². The number of hydrogen-bond acceptors (Lipinski definition) is 4. The fraction of sp³-hybridized carbons (Fsp3) is 0.0714. The minimum Gasteiger partial charge on any atom is -0.484 e. The molecule has 0 N–H and O–H groups in total. The highest BCUT2D eigenvalue weighted by Crippen LogP contribution is 2.27. The number of benzene rings is 2. The lowest BCUT2D eigenvalue weighted by Crippen LogP contribution is -2.11. The minimum absolute atomic E-state index is 0.0757. The first kappa shape index (κ1) is 15.3. The Morgan fingerprint density at radius 3 is 2.38 bits per heavy atom. The van der Waals surface area contributed by atoms with Gasteiger partial charge in [0, 0.05) is 22.7 Å². The van der Waals surface area contributed by atoms with Gasteiger partial charge in [-0.15, -0.1) is 0 Å². The zero-order valence-electron chi connectivity index (χ0n) is 10.6. The molecule has 0 bridgehead atoms. The zero-order chi connectivity index (χ0) is 15.4. The second-order valence-electron chi connectivity index (χ2n) is 4.09. The van der Waals surface area contributed by atoms with Crippen molar-refractivity contribution in [3.05, 3.63) is 68.2 Å². The van der Waals surface area contributed by atoms with Gasteiger partial charge in [0.1, 0.15) is 5.75 Å². The quantitative estimate of drug-likeness (QED) is 0.470. The van der Waals surface area contributed by atoms with Gasteiger partial charge in [-0.3, -0.25) is 14.9 Å². The van der Waals surface area contributed by atoms with Gasteiger partial charge in [-0.2, -0.15) is 0 Å². The maximum absolute atomic E-state index is 11.9. The summed E-state index contributed by atoms with van der Waals surface area (Å²) in [5.41, 5.74) is 0.249. The van der Waals surface area contributed by atoms with Gasteiger partial charge in [-0.05, 0) is 30.3 Å². The molecule has 0 spiro atoms. The molecular weight excluding hydrogens is 317 g/mol. The number of ether oxygens (including phenoxy) is 1. The molecule has 0 radical (unpaired) electrons. The van der Waals surface area contributed by atoms with E-state index in [1.54, 1.807) is 12.1 Å². The molecule has 0 aliphatic rings. The van der Waals surface area contributed by atoms with Crippen molar-refractivity contribution in [1.29, 1.82) is 0 Å². The number of nitro benzene ring substituents is 1. The van der Waals surface area contributed by atoms with Crippen LogP contribution in [-0.2, 0) is 0 Å². The van der Waals surface area contributed by atoms with Gasteiger partial charge >= 0.3 is 0 Å². The van der Waals surface area contributed by atoms with Gasteiger partial charge < -0.3 is 4.74 Å². The third kappa shape index (κ3) is 3.93. The predicted molar refractivity (Wildman–Crippen MR) is 79.4 cm³/mol. The average Bonchev–Trinajstić information content (AvgIpc) is 2.46. The van der Waals surface area contributed by atoms with E-state index in [-0.39, 0.29) is 18.1 Å². The highest BCUT2D eigenvalue weighted by Gasteiger charge is 2.11. The monoisotopic (exact) mass is 325 g/mol.